The SMILES string of the molecule is N[C@@H]1CCC[C@H]1CC(=O)N1CCN(S(=O)(=O)c2ccc(F)cc2F)CC1. The lowest BCUT2D eigenvalue weighted by atomic mass is 9.99. The molecule has 2 aliphatic rings. The van der Waals surface area contributed by atoms with E-state index in [1.54, 1.807) is 4.90 Å². The molecule has 26 heavy (non-hydrogen) atoms. The molecule has 9 heteroatoms. The number of benzene rings is 1. The normalized spacial score (nSPS) is 24.8. The summed E-state index contributed by atoms with van der Waals surface area (Å²) in [7, 11) is -4.06. The van der Waals surface area contributed by atoms with Gasteiger partial charge in [0, 0.05) is 44.7 Å². The van der Waals surface area contributed by atoms with Crippen molar-refractivity contribution in [2.75, 3.05) is 26.2 Å². The Balaban J connectivity index is 1.61. The van der Waals surface area contributed by atoms with Gasteiger partial charge in [-0.15, -0.1) is 0 Å². The summed E-state index contributed by atoms with van der Waals surface area (Å²) in [6, 6.07) is 2.46. The number of hydrogen-bond acceptors (Lipinski definition) is 4. The maximum atomic E-state index is 13.8. The molecule has 0 radical (unpaired) electrons. The van der Waals surface area contributed by atoms with Crippen LogP contribution in [0.15, 0.2) is 23.1 Å². The Kier molecular flexibility index (Phi) is 5.59. The molecule has 2 fully saturated rings. The van der Waals surface area contributed by atoms with Crippen LogP contribution in [0.25, 0.3) is 0 Å². The molecule has 3 rings (SSSR count). The highest BCUT2D eigenvalue weighted by Gasteiger charge is 2.33. The van der Waals surface area contributed by atoms with Crippen LogP contribution in [0, 0.1) is 17.6 Å². The number of nitrogens with two attached hydrogens (primary N) is 1. The van der Waals surface area contributed by atoms with Gasteiger partial charge in [-0.3, -0.25) is 4.79 Å². The summed E-state index contributed by atoms with van der Waals surface area (Å²) in [5.74, 6) is -1.77. The number of halogens is 2. The lowest BCUT2D eigenvalue weighted by molar-refractivity contribution is -0.133. The molecule has 1 aromatic rings. The average Bonchev–Trinajstić information content (AvgIpc) is 2.99. The molecule has 6 nitrogen and oxygen atoms in total. The highest BCUT2D eigenvalue weighted by atomic mass is 32.2. The first kappa shape index (κ1) is 19.2. The Labute approximate surface area is 152 Å². The molecule has 2 N–H and O–H groups in total. The zero-order valence-corrected chi connectivity index (χ0v) is 15.2. The van der Waals surface area contributed by atoms with Crippen LogP contribution in [-0.4, -0.2) is 55.8 Å². The summed E-state index contributed by atoms with van der Waals surface area (Å²) in [5.41, 5.74) is 6.00. The lowest BCUT2D eigenvalue weighted by Gasteiger charge is -2.34. The summed E-state index contributed by atoms with van der Waals surface area (Å²) in [5, 5.41) is 0. The molecule has 1 aliphatic heterocycles. The second-order valence-electron chi connectivity index (χ2n) is 6.92. The molecular formula is C17H23F2N3O3S. The van der Waals surface area contributed by atoms with Crippen molar-refractivity contribution in [2.45, 2.75) is 36.6 Å². The topological polar surface area (TPSA) is 83.7 Å². The number of piperazine rings is 1. The molecule has 144 valence electrons. The van der Waals surface area contributed by atoms with Crippen LogP contribution in [0.3, 0.4) is 0 Å². The second-order valence-corrected chi connectivity index (χ2v) is 8.82. The monoisotopic (exact) mass is 387 g/mol. The van der Waals surface area contributed by atoms with E-state index in [9.17, 15) is 22.0 Å². The van der Waals surface area contributed by atoms with Crippen LogP contribution in [0.5, 0.6) is 0 Å². The third-order valence-electron chi connectivity index (χ3n) is 5.26. The predicted octanol–water partition coefficient (Wildman–Crippen LogP) is 1.32. The zero-order valence-electron chi connectivity index (χ0n) is 14.4. The molecule has 1 amide bonds. The van der Waals surface area contributed by atoms with E-state index in [2.05, 4.69) is 0 Å². The number of carbonyl (C=O) groups excluding carboxylic acids is 1. The quantitative estimate of drug-likeness (QED) is 0.845. The summed E-state index contributed by atoms with van der Waals surface area (Å²) >= 11 is 0. The maximum absolute atomic E-state index is 13.8. The molecule has 1 saturated heterocycles. The van der Waals surface area contributed by atoms with Crippen molar-refractivity contribution < 1.29 is 22.0 Å². The van der Waals surface area contributed by atoms with Gasteiger partial charge in [-0.2, -0.15) is 4.31 Å². The number of carbonyl (C=O) groups is 1. The Bertz CT molecular complexity index is 779. The van der Waals surface area contributed by atoms with Gasteiger partial charge in [0.15, 0.2) is 0 Å². The summed E-state index contributed by atoms with van der Waals surface area (Å²) in [4.78, 5) is 13.5. The number of nitrogens with zero attached hydrogens (tertiary/aromatic N) is 2. The van der Waals surface area contributed by atoms with Gasteiger partial charge in [0.1, 0.15) is 16.5 Å². The second kappa shape index (κ2) is 7.58. The molecule has 0 unspecified atom stereocenters. The van der Waals surface area contributed by atoms with Gasteiger partial charge in [-0.25, -0.2) is 17.2 Å². The third-order valence-corrected chi connectivity index (χ3v) is 7.19. The Hall–Kier alpha value is -1.58. The van der Waals surface area contributed by atoms with Crippen LogP contribution in [0.1, 0.15) is 25.7 Å². The smallest absolute Gasteiger partial charge is 0.246 e. The summed E-state index contributed by atoms with van der Waals surface area (Å²) < 4.78 is 53.1. The first-order chi connectivity index (χ1) is 12.3. The Morgan fingerprint density at radius 3 is 2.42 bits per heavy atom. The van der Waals surface area contributed by atoms with Crippen LogP contribution < -0.4 is 5.73 Å². The summed E-state index contributed by atoms with van der Waals surface area (Å²) in [6.07, 6.45) is 3.31. The van der Waals surface area contributed by atoms with Gasteiger partial charge in [-0.05, 0) is 30.9 Å². The Morgan fingerprint density at radius 1 is 1.15 bits per heavy atom. The van der Waals surface area contributed by atoms with Crippen molar-refractivity contribution in [2.24, 2.45) is 11.7 Å². The van der Waals surface area contributed by atoms with E-state index < -0.39 is 26.6 Å². The highest BCUT2D eigenvalue weighted by molar-refractivity contribution is 7.89. The fourth-order valence-corrected chi connectivity index (χ4v) is 5.14. The van der Waals surface area contributed by atoms with E-state index in [-0.39, 0.29) is 44.0 Å². The minimum Gasteiger partial charge on any atom is -0.340 e. The van der Waals surface area contributed by atoms with Crippen molar-refractivity contribution in [3.05, 3.63) is 29.8 Å². The van der Waals surface area contributed by atoms with E-state index in [4.69, 9.17) is 5.73 Å². The third kappa shape index (κ3) is 3.89. The first-order valence-corrected chi connectivity index (χ1v) is 10.2. The fraction of sp³-hybridized carbons (Fsp3) is 0.588. The van der Waals surface area contributed by atoms with Gasteiger partial charge in [0.05, 0.1) is 0 Å². The van der Waals surface area contributed by atoms with Crippen LogP contribution >= 0.6 is 0 Å². The molecule has 0 bridgehead atoms. The molecule has 1 heterocycles. The van der Waals surface area contributed by atoms with Crippen LogP contribution in [-0.2, 0) is 14.8 Å². The number of hydrogen-bond donors (Lipinski definition) is 1. The van der Waals surface area contributed by atoms with Gasteiger partial charge in [0.2, 0.25) is 15.9 Å². The molecule has 1 saturated carbocycles. The largest absolute Gasteiger partial charge is 0.340 e. The molecule has 2 atom stereocenters. The van der Waals surface area contributed by atoms with E-state index in [1.165, 1.54) is 0 Å². The highest BCUT2D eigenvalue weighted by Crippen LogP contribution is 2.28. The molecule has 0 aromatic heterocycles. The lowest BCUT2D eigenvalue weighted by Crippen LogP contribution is -2.51. The number of rotatable bonds is 4. The summed E-state index contributed by atoms with van der Waals surface area (Å²) in [6.45, 7) is 0.675. The van der Waals surface area contributed by atoms with Crippen molar-refractivity contribution >= 4 is 15.9 Å². The van der Waals surface area contributed by atoms with E-state index in [0.29, 0.717) is 12.5 Å². The zero-order chi connectivity index (χ0) is 18.9. The first-order valence-electron chi connectivity index (χ1n) is 8.77. The minimum absolute atomic E-state index is 0.0163. The minimum atomic E-state index is -4.06. The van der Waals surface area contributed by atoms with Crippen molar-refractivity contribution in [3.8, 4) is 0 Å². The standard InChI is InChI=1S/C17H23F2N3O3S/c18-13-4-5-16(14(19)11-13)26(24,25)22-8-6-21(7-9-22)17(23)10-12-2-1-3-15(12)20/h4-5,11-12,15H,1-3,6-10,20H2/t12-,15+/m0/s1. The van der Waals surface area contributed by atoms with Gasteiger partial charge in [-0.1, -0.05) is 6.42 Å². The van der Waals surface area contributed by atoms with Gasteiger partial charge in [0.25, 0.3) is 0 Å². The number of amides is 1. The van der Waals surface area contributed by atoms with Gasteiger partial charge >= 0.3 is 0 Å². The van der Waals surface area contributed by atoms with Crippen molar-refractivity contribution in [1.29, 1.82) is 0 Å². The van der Waals surface area contributed by atoms with E-state index >= 15 is 0 Å². The average molecular weight is 387 g/mol. The van der Waals surface area contributed by atoms with E-state index in [1.807, 2.05) is 0 Å². The Morgan fingerprint density at radius 2 is 1.85 bits per heavy atom. The van der Waals surface area contributed by atoms with Crippen LogP contribution in [0.4, 0.5) is 8.78 Å². The molecule has 1 aliphatic carbocycles. The predicted molar refractivity (Wildman–Crippen MR) is 91.6 cm³/mol. The van der Waals surface area contributed by atoms with Gasteiger partial charge < -0.3 is 10.6 Å². The fourth-order valence-electron chi connectivity index (χ4n) is 3.67. The molecular weight excluding hydrogens is 364 g/mol. The maximum Gasteiger partial charge on any atom is 0.246 e. The van der Waals surface area contributed by atoms with Crippen molar-refractivity contribution in [3.63, 3.8) is 0 Å². The molecule has 1 aromatic carbocycles. The molecule has 0 spiro atoms. The van der Waals surface area contributed by atoms with Crippen molar-refractivity contribution in [1.82, 2.24) is 9.21 Å². The van der Waals surface area contributed by atoms with E-state index in [0.717, 1.165) is 35.7 Å². The number of sulfonamides is 1. The van der Waals surface area contributed by atoms with Crippen LogP contribution in [0.2, 0.25) is 0 Å².